The molecular weight excluding hydrogens is 212 g/mol. The van der Waals surface area contributed by atoms with Crippen LogP contribution < -0.4 is 5.32 Å². The Balaban J connectivity index is 0.00000162. The minimum Gasteiger partial charge on any atom is -0.349 e. The van der Waals surface area contributed by atoms with Gasteiger partial charge in [-0.05, 0) is 17.6 Å². The van der Waals surface area contributed by atoms with E-state index in [0.717, 1.165) is 23.4 Å². The van der Waals surface area contributed by atoms with Crippen LogP contribution in [0.3, 0.4) is 0 Å². The van der Waals surface area contributed by atoms with Gasteiger partial charge >= 0.3 is 0 Å². The number of allylic oxidation sites excluding steroid dienone is 1. The molecule has 1 amide bonds. The molecular formula is C14H20N2O. The third kappa shape index (κ3) is 1.82. The molecule has 17 heavy (non-hydrogen) atoms. The van der Waals surface area contributed by atoms with Gasteiger partial charge in [0.2, 0.25) is 0 Å². The van der Waals surface area contributed by atoms with Crippen LogP contribution in [0.25, 0.3) is 11.6 Å². The van der Waals surface area contributed by atoms with Gasteiger partial charge in [-0.3, -0.25) is 4.79 Å². The van der Waals surface area contributed by atoms with Crippen LogP contribution in [0.1, 0.15) is 37.0 Å². The summed E-state index contributed by atoms with van der Waals surface area (Å²) in [6.45, 7) is 13.6. The second-order valence-corrected chi connectivity index (χ2v) is 4.63. The molecule has 2 rings (SSSR count). The number of amides is 1. The average molecular weight is 232 g/mol. The molecule has 0 spiro atoms. The predicted octanol–water partition coefficient (Wildman–Crippen LogP) is 2.79. The Morgan fingerprint density at radius 1 is 1.65 bits per heavy atom. The van der Waals surface area contributed by atoms with E-state index < -0.39 is 0 Å². The van der Waals surface area contributed by atoms with E-state index in [1.165, 1.54) is 0 Å². The van der Waals surface area contributed by atoms with Crippen LogP contribution in [0.15, 0.2) is 19.2 Å². The highest BCUT2D eigenvalue weighted by molar-refractivity contribution is 5.95. The van der Waals surface area contributed by atoms with E-state index in [2.05, 4.69) is 36.9 Å². The van der Waals surface area contributed by atoms with Gasteiger partial charge in [0.1, 0.15) is 5.69 Å². The van der Waals surface area contributed by atoms with Crippen molar-refractivity contribution in [3.63, 3.8) is 0 Å². The van der Waals surface area contributed by atoms with Gasteiger partial charge in [-0.2, -0.15) is 0 Å². The molecule has 0 saturated heterocycles. The smallest absolute Gasteiger partial charge is 0.268 e. The molecule has 0 saturated carbocycles. The largest absolute Gasteiger partial charge is 0.349 e. The van der Waals surface area contributed by atoms with E-state index in [0.29, 0.717) is 18.2 Å². The van der Waals surface area contributed by atoms with Crippen molar-refractivity contribution in [3.8, 4) is 0 Å². The van der Waals surface area contributed by atoms with Crippen LogP contribution >= 0.6 is 0 Å². The number of hydrogen-bond acceptors (Lipinski definition) is 1. The Labute approximate surface area is 103 Å². The van der Waals surface area contributed by atoms with Gasteiger partial charge in [-0.25, -0.2) is 0 Å². The Hall–Kier alpha value is -1.77. The molecule has 3 heteroatoms. The lowest BCUT2D eigenvalue weighted by Crippen LogP contribution is -2.35. The predicted molar refractivity (Wildman–Crippen MR) is 72.8 cm³/mol. The summed E-state index contributed by atoms with van der Waals surface area (Å²) in [5.41, 5.74) is 3.82. The molecule has 1 aromatic rings. The van der Waals surface area contributed by atoms with E-state index >= 15 is 0 Å². The number of fused-ring (bicyclic) bond motifs is 1. The number of hydrogen-bond donors (Lipinski definition) is 1. The topological polar surface area (TPSA) is 34.0 Å². The van der Waals surface area contributed by atoms with Crippen molar-refractivity contribution in [1.29, 1.82) is 0 Å². The number of nitrogens with zero attached hydrogens (tertiary/aromatic N) is 1. The summed E-state index contributed by atoms with van der Waals surface area (Å²) in [6.07, 6.45) is 1.79. The van der Waals surface area contributed by atoms with E-state index in [-0.39, 0.29) is 7.33 Å². The Morgan fingerprint density at radius 2 is 2.35 bits per heavy atom. The third-order valence-corrected chi connectivity index (χ3v) is 3.20. The molecule has 2 heterocycles. The second-order valence-electron chi connectivity index (χ2n) is 4.63. The Morgan fingerprint density at radius 3 is 2.94 bits per heavy atom. The average Bonchev–Trinajstić information content (AvgIpc) is 2.67. The first-order valence-corrected chi connectivity index (χ1v) is 5.89. The Kier molecular flexibility index (Phi) is 2.92. The van der Waals surface area contributed by atoms with Crippen LogP contribution in [0, 0.1) is 5.92 Å². The standard InChI is InChI=1S/C14H18N2O.H2/c1-5-11-8-12-14(17)15-6-7-16(12)13(11)10(4)9(2)3;/h5,8-9H,1,4,6-7H2,2-3H3,(H,15,17);1H. The van der Waals surface area contributed by atoms with Crippen LogP contribution in [0.2, 0.25) is 0 Å². The van der Waals surface area contributed by atoms with Gasteiger partial charge in [-0.1, -0.05) is 33.1 Å². The number of carbonyl (C=O) groups is 1. The number of nitrogens with one attached hydrogen (secondary N) is 1. The summed E-state index contributed by atoms with van der Waals surface area (Å²) >= 11 is 0. The quantitative estimate of drug-likeness (QED) is 0.854. The molecule has 0 bridgehead atoms. The minimum atomic E-state index is -0.0119. The normalized spacial score (nSPS) is 14.4. The molecule has 3 nitrogen and oxygen atoms in total. The monoisotopic (exact) mass is 232 g/mol. The maximum Gasteiger partial charge on any atom is 0.268 e. The minimum absolute atomic E-state index is 0. The van der Waals surface area contributed by atoms with Crippen LogP contribution in [0.4, 0.5) is 0 Å². The number of rotatable bonds is 3. The van der Waals surface area contributed by atoms with Crippen molar-refractivity contribution in [1.82, 2.24) is 9.88 Å². The van der Waals surface area contributed by atoms with Gasteiger partial charge < -0.3 is 9.88 Å². The molecule has 1 aromatic heterocycles. The van der Waals surface area contributed by atoms with Gasteiger partial charge in [0.25, 0.3) is 5.91 Å². The highest BCUT2D eigenvalue weighted by Gasteiger charge is 2.23. The van der Waals surface area contributed by atoms with E-state index in [1.807, 2.05) is 6.07 Å². The summed E-state index contributed by atoms with van der Waals surface area (Å²) in [5, 5.41) is 2.85. The SMILES string of the molecule is C=Cc1cc2n(c1C(=C)C(C)C)CCNC2=O.[HH]. The van der Waals surface area contributed by atoms with Crippen molar-refractivity contribution in [3.05, 3.63) is 36.2 Å². The summed E-state index contributed by atoms with van der Waals surface area (Å²) in [4.78, 5) is 11.8. The first-order valence-electron chi connectivity index (χ1n) is 5.89. The summed E-state index contributed by atoms with van der Waals surface area (Å²) < 4.78 is 2.05. The van der Waals surface area contributed by atoms with Gasteiger partial charge in [-0.15, -0.1) is 0 Å². The summed E-state index contributed by atoms with van der Waals surface area (Å²) in [5.74, 6) is 0.347. The molecule has 0 atom stereocenters. The van der Waals surface area contributed by atoms with E-state index in [9.17, 15) is 4.79 Å². The lowest BCUT2D eigenvalue weighted by atomic mass is 9.99. The van der Waals surface area contributed by atoms with Gasteiger partial charge in [0.05, 0.1) is 5.69 Å². The van der Waals surface area contributed by atoms with Crippen LogP contribution in [-0.4, -0.2) is 17.0 Å². The van der Waals surface area contributed by atoms with Crippen LogP contribution in [-0.2, 0) is 6.54 Å². The number of carbonyl (C=O) groups excluding carboxylic acids is 1. The van der Waals surface area contributed by atoms with E-state index in [4.69, 9.17) is 0 Å². The maximum atomic E-state index is 11.8. The fourth-order valence-corrected chi connectivity index (χ4v) is 2.15. The molecule has 0 radical (unpaired) electrons. The van der Waals surface area contributed by atoms with Crippen molar-refractivity contribution >= 4 is 17.6 Å². The zero-order chi connectivity index (χ0) is 12.6. The first-order chi connectivity index (χ1) is 8.06. The van der Waals surface area contributed by atoms with E-state index in [1.54, 1.807) is 6.08 Å². The highest BCUT2D eigenvalue weighted by atomic mass is 16.2. The third-order valence-electron chi connectivity index (χ3n) is 3.20. The lowest BCUT2D eigenvalue weighted by Gasteiger charge is -2.21. The van der Waals surface area contributed by atoms with Crippen molar-refractivity contribution in [2.45, 2.75) is 20.4 Å². The van der Waals surface area contributed by atoms with Crippen LogP contribution in [0.5, 0.6) is 0 Å². The zero-order valence-electron chi connectivity index (χ0n) is 10.4. The molecule has 92 valence electrons. The van der Waals surface area contributed by atoms with Gasteiger partial charge in [0.15, 0.2) is 0 Å². The molecule has 1 aliphatic rings. The van der Waals surface area contributed by atoms with Crippen molar-refractivity contribution in [2.75, 3.05) is 6.54 Å². The summed E-state index contributed by atoms with van der Waals surface area (Å²) in [6, 6.07) is 1.89. The highest BCUT2D eigenvalue weighted by Crippen LogP contribution is 2.29. The Bertz CT molecular complexity index is 500. The molecule has 1 N–H and O–H groups in total. The molecule has 1 aliphatic heterocycles. The number of aromatic nitrogens is 1. The fraction of sp³-hybridized carbons (Fsp3) is 0.357. The zero-order valence-corrected chi connectivity index (χ0v) is 10.4. The fourth-order valence-electron chi connectivity index (χ4n) is 2.15. The second kappa shape index (κ2) is 4.24. The van der Waals surface area contributed by atoms with Gasteiger partial charge in [0, 0.05) is 20.1 Å². The molecule has 0 unspecified atom stereocenters. The summed E-state index contributed by atoms with van der Waals surface area (Å²) in [7, 11) is 0. The maximum absolute atomic E-state index is 11.8. The molecule has 0 aromatic carbocycles. The molecule has 0 aliphatic carbocycles. The first kappa shape index (κ1) is 11.7. The van der Waals surface area contributed by atoms with Crippen molar-refractivity contribution in [2.24, 2.45) is 5.92 Å². The lowest BCUT2D eigenvalue weighted by molar-refractivity contribution is 0.0928. The molecule has 0 fully saturated rings. The van der Waals surface area contributed by atoms with Crippen molar-refractivity contribution < 1.29 is 6.22 Å².